The number of nitrogens with zero attached hydrogens (tertiary/aromatic N) is 7. The molecule has 1 atom stereocenters. The molecule has 0 fully saturated rings. The fourth-order valence-corrected chi connectivity index (χ4v) is 4.05. The number of anilines is 1. The minimum atomic E-state index is -0.864. The summed E-state index contributed by atoms with van der Waals surface area (Å²) in [4.78, 5) is 57.3. The Morgan fingerprint density at radius 2 is 2.06 bits per heavy atom. The first-order valence-corrected chi connectivity index (χ1v) is 11.5. The summed E-state index contributed by atoms with van der Waals surface area (Å²) >= 11 is 3.28. The predicted octanol–water partition coefficient (Wildman–Crippen LogP) is 2.66. The Bertz CT molecular complexity index is 1380. The molecule has 0 bridgehead atoms. The van der Waals surface area contributed by atoms with Gasteiger partial charge >= 0.3 is 0 Å². The average molecular weight is 556 g/mol. The molecular weight excluding hydrogens is 534 g/mol. The Hall–Kier alpha value is -4.29. The Kier molecular flexibility index (Phi) is 8.35. The van der Waals surface area contributed by atoms with Crippen LogP contribution in [0.15, 0.2) is 46.1 Å². The lowest BCUT2D eigenvalue weighted by molar-refractivity contribution is -0.138. The van der Waals surface area contributed by atoms with E-state index in [1.807, 2.05) is 0 Å². The number of fused-ring (bicyclic) bond motifs is 1. The summed E-state index contributed by atoms with van der Waals surface area (Å²) in [6.45, 7) is 3.37. The first kappa shape index (κ1) is 26.3. The van der Waals surface area contributed by atoms with E-state index >= 15 is 0 Å². The van der Waals surface area contributed by atoms with Crippen molar-refractivity contribution in [3.8, 4) is 0 Å². The van der Waals surface area contributed by atoms with Crippen LogP contribution in [-0.2, 0) is 16.1 Å². The fourth-order valence-electron chi connectivity index (χ4n) is 3.71. The van der Waals surface area contributed by atoms with Crippen molar-refractivity contribution >= 4 is 56.7 Å². The summed E-state index contributed by atoms with van der Waals surface area (Å²) in [6.07, 6.45) is 0.673. The number of aromatic nitrogens is 3. The van der Waals surface area contributed by atoms with E-state index in [9.17, 15) is 19.2 Å². The molecule has 2 aromatic heterocycles. The van der Waals surface area contributed by atoms with E-state index in [1.54, 1.807) is 32.0 Å². The molecule has 0 spiro atoms. The lowest BCUT2D eigenvalue weighted by Gasteiger charge is -2.32. The zero-order valence-electron chi connectivity index (χ0n) is 19.3. The standard InChI is InChI=1S/C22H22BrN9O4/c1-12(2)32(14(11-33)9-26-18-5-3-4-17(23)27-18)19(34)10-31-16-7-6-13(22(36)28-30-25)8-15(16)20(29-31)21(24)35/h3-8,11-12,14H,9-10H2,1-2H3,(H2,24,35)(H,26,27). The van der Waals surface area contributed by atoms with Gasteiger partial charge in [0.1, 0.15) is 29.3 Å². The molecule has 36 heavy (non-hydrogen) atoms. The van der Waals surface area contributed by atoms with Crippen LogP contribution in [-0.4, -0.2) is 62.3 Å². The molecule has 0 saturated carbocycles. The van der Waals surface area contributed by atoms with Gasteiger partial charge in [-0.1, -0.05) is 6.07 Å². The van der Waals surface area contributed by atoms with Crippen molar-refractivity contribution < 1.29 is 19.2 Å². The summed E-state index contributed by atoms with van der Waals surface area (Å²) in [5, 5.41) is 10.5. The van der Waals surface area contributed by atoms with Crippen LogP contribution in [0.25, 0.3) is 21.3 Å². The van der Waals surface area contributed by atoms with Crippen molar-refractivity contribution in [1.82, 2.24) is 19.7 Å². The number of halogens is 1. The third kappa shape index (κ3) is 5.85. The molecule has 3 N–H and O–H groups in total. The zero-order valence-corrected chi connectivity index (χ0v) is 20.9. The molecule has 0 aliphatic carbocycles. The van der Waals surface area contributed by atoms with E-state index in [4.69, 9.17) is 11.3 Å². The van der Waals surface area contributed by atoms with Crippen LogP contribution < -0.4 is 11.1 Å². The van der Waals surface area contributed by atoms with Crippen molar-refractivity contribution in [2.24, 2.45) is 10.8 Å². The van der Waals surface area contributed by atoms with E-state index < -0.39 is 23.8 Å². The van der Waals surface area contributed by atoms with Crippen LogP contribution in [0.3, 0.4) is 0 Å². The van der Waals surface area contributed by atoms with E-state index in [0.29, 0.717) is 22.2 Å². The second kappa shape index (κ2) is 11.4. The number of amides is 3. The number of rotatable bonds is 10. The predicted molar refractivity (Wildman–Crippen MR) is 134 cm³/mol. The van der Waals surface area contributed by atoms with Crippen LogP contribution in [0, 0.1) is 0 Å². The third-order valence-corrected chi connectivity index (χ3v) is 5.66. The van der Waals surface area contributed by atoms with Gasteiger partial charge < -0.3 is 20.7 Å². The summed E-state index contributed by atoms with van der Waals surface area (Å²) in [6, 6.07) is 8.30. The highest BCUT2D eigenvalue weighted by molar-refractivity contribution is 9.10. The Labute approximate surface area is 213 Å². The van der Waals surface area contributed by atoms with Gasteiger partial charge in [0, 0.05) is 28.4 Å². The molecule has 3 amide bonds. The largest absolute Gasteiger partial charge is 0.368 e. The smallest absolute Gasteiger partial charge is 0.269 e. The Morgan fingerprint density at radius 1 is 1.31 bits per heavy atom. The number of nitrogens with two attached hydrogens (primary N) is 1. The Balaban J connectivity index is 1.90. The van der Waals surface area contributed by atoms with Crippen LogP contribution >= 0.6 is 15.9 Å². The lowest BCUT2D eigenvalue weighted by Crippen LogP contribution is -2.50. The van der Waals surface area contributed by atoms with Gasteiger partial charge in [-0.05, 0) is 70.8 Å². The van der Waals surface area contributed by atoms with Gasteiger partial charge in [0.25, 0.3) is 5.91 Å². The maximum absolute atomic E-state index is 13.3. The second-order valence-corrected chi connectivity index (χ2v) is 8.73. The van der Waals surface area contributed by atoms with E-state index in [1.165, 1.54) is 27.8 Å². The van der Waals surface area contributed by atoms with Gasteiger partial charge in [0.2, 0.25) is 11.8 Å². The van der Waals surface area contributed by atoms with E-state index in [2.05, 4.69) is 41.4 Å². The first-order valence-electron chi connectivity index (χ1n) is 10.7. The fraction of sp³-hybridized carbons (Fsp3) is 0.273. The SMILES string of the molecule is CC(C)N(C(=O)Cn1nc(C(N)=O)c2cc(C(=O)N=[N+]=[N-])ccc21)C(C=O)CNc1cccc(Br)n1. The summed E-state index contributed by atoms with van der Waals surface area (Å²) in [7, 11) is 0. The van der Waals surface area contributed by atoms with Crippen LogP contribution in [0.4, 0.5) is 5.82 Å². The van der Waals surface area contributed by atoms with Gasteiger partial charge in [-0.2, -0.15) is 5.10 Å². The molecule has 14 heteroatoms. The number of benzene rings is 1. The van der Waals surface area contributed by atoms with Crippen LogP contribution in [0.1, 0.15) is 34.7 Å². The second-order valence-electron chi connectivity index (χ2n) is 7.92. The minimum Gasteiger partial charge on any atom is -0.368 e. The molecule has 3 aromatic rings. The molecule has 0 saturated heterocycles. The number of pyridine rings is 1. The number of hydrogen-bond donors (Lipinski definition) is 2. The highest BCUT2D eigenvalue weighted by Crippen LogP contribution is 2.22. The van der Waals surface area contributed by atoms with Crippen molar-refractivity contribution in [3.63, 3.8) is 0 Å². The zero-order chi connectivity index (χ0) is 26.4. The Morgan fingerprint density at radius 3 is 2.67 bits per heavy atom. The number of carbonyl (C=O) groups excluding carboxylic acids is 4. The van der Waals surface area contributed by atoms with E-state index in [0.717, 1.165) is 0 Å². The molecule has 0 radical (unpaired) electrons. The molecule has 1 unspecified atom stereocenters. The number of aldehydes is 1. The highest BCUT2D eigenvalue weighted by atomic mass is 79.9. The summed E-state index contributed by atoms with van der Waals surface area (Å²) in [5.74, 6) is -1.61. The van der Waals surface area contributed by atoms with Gasteiger partial charge in [0.15, 0.2) is 5.69 Å². The lowest BCUT2D eigenvalue weighted by atomic mass is 10.1. The third-order valence-electron chi connectivity index (χ3n) is 5.22. The van der Waals surface area contributed by atoms with Crippen molar-refractivity contribution in [2.75, 3.05) is 11.9 Å². The normalized spacial score (nSPS) is 11.6. The molecule has 186 valence electrons. The van der Waals surface area contributed by atoms with Crippen molar-refractivity contribution in [1.29, 1.82) is 0 Å². The topological polar surface area (TPSA) is 189 Å². The van der Waals surface area contributed by atoms with Crippen molar-refractivity contribution in [2.45, 2.75) is 32.5 Å². The quantitative estimate of drug-likeness (QED) is 0.126. The van der Waals surface area contributed by atoms with Gasteiger partial charge in [-0.25, -0.2) is 4.98 Å². The van der Waals surface area contributed by atoms with Crippen molar-refractivity contribution in [3.05, 3.63) is 62.7 Å². The monoisotopic (exact) mass is 555 g/mol. The maximum atomic E-state index is 13.3. The first-order chi connectivity index (χ1) is 17.2. The highest BCUT2D eigenvalue weighted by Gasteiger charge is 2.28. The number of primary amides is 1. The summed E-state index contributed by atoms with van der Waals surface area (Å²) in [5.41, 5.74) is 14.2. The van der Waals surface area contributed by atoms with Gasteiger partial charge in [-0.3, -0.25) is 19.1 Å². The number of carbonyl (C=O) groups is 4. The molecule has 0 aliphatic heterocycles. The van der Waals surface area contributed by atoms with Gasteiger partial charge in [0.05, 0.1) is 5.52 Å². The van der Waals surface area contributed by atoms with Crippen LogP contribution in [0.2, 0.25) is 0 Å². The van der Waals surface area contributed by atoms with E-state index in [-0.39, 0.29) is 35.8 Å². The van der Waals surface area contributed by atoms with Crippen LogP contribution in [0.5, 0.6) is 0 Å². The molecule has 13 nitrogen and oxygen atoms in total. The molecular formula is C22H22BrN9O4. The molecule has 1 aromatic carbocycles. The number of nitrogens with one attached hydrogen (secondary N) is 1. The average Bonchev–Trinajstić information content (AvgIpc) is 3.19. The molecule has 2 heterocycles. The molecule has 3 rings (SSSR count). The van der Waals surface area contributed by atoms with Gasteiger partial charge in [-0.15, -0.1) is 0 Å². The number of hydrogen-bond acceptors (Lipinski definition) is 7. The minimum absolute atomic E-state index is 0.0331. The number of azide groups is 1. The summed E-state index contributed by atoms with van der Waals surface area (Å²) < 4.78 is 1.90. The maximum Gasteiger partial charge on any atom is 0.269 e. The molecule has 0 aliphatic rings.